The van der Waals surface area contributed by atoms with E-state index in [0.717, 1.165) is 17.4 Å². The van der Waals surface area contributed by atoms with Gasteiger partial charge in [-0.05, 0) is 11.1 Å². The Morgan fingerprint density at radius 2 is 1.77 bits per heavy atom. The number of nitrogens with zero attached hydrogens (tertiary/aromatic N) is 2. The molecule has 0 aromatic heterocycles. The minimum Gasteiger partial charge on any atom is -0.445 e. The van der Waals surface area contributed by atoms with Crippen molar-refractivity contribution >= 4 is 22.3 Å². The lowest BCUT2D eigenvalue weighted by Gasteiger charge is -2.24. The zero-order chi connectivity index (χ0) is 23.0. The Hall–Kier alpha value is -2.85. The summed E-state index contributed by atoms with van der Waals surface area (Å²) in [6.45, 7) is 7.64. The molecule has 1 fully saturated rings. The van der Waals surface area contributed by atoms with Crippen LogP contribution in [0.4, 0.5) is 9.59 Å². The van der Waals surface area contributed by atoms with Crippen molar-refractivity contribution in [2.75, 3.05) is 33.1 Å². The molecule has 1 heterocycles. The molecule has 170 valence electrons. The van der Waals surface area contributed by atoms with Gasteiger partial charge in [0.05, 0.1) is 24.9 Å². The average Bonchev–Trinajstić information content (AvgIpc) is 3.12. The Morgan fingerprint density at radius 1 is 1.16 bits per heavy atom. The van der Waals surface area contributed by atoms with Crippen LogP contribution in [0.2, 0.25) is 0 Å². The van der Waals surface area contributed by atoms with Crippen molar-refractivity contribution < 1.29 is 31.7 Å². The van der Waals surface area contributed by atoms with Crippen molar-refractivity contribution in [2.24, 2.45) is 0 Å². The molecule has 0 aliphatic carbocycles. The minimum atomic E-state index is -3.66. The largest absolute Gasteiger partial charge is 0.445 e. The van der Waals surface area contributed by atoms with E-state index in [2.05, 4.69) is 13.2 Å². The highest BCUT2D eigenvalue weighted by Crippen LogP contribution is 2.34. The molecule has 1 aliphatic rings. The third kappa shape index (κ3) is 7.41. The third-order valence-corrected chi connectivity index (χ3v) is 5.18. The fraction of sp³-hybridized carbons (Fsp3) is 0.429. The molecule has 1 unspecified atom stereocenters. The summed E-state index contributed by atoms with van der Waals surface area (Å²) in [5, 5.41) is 0. The van der Waals surface area contributed by atoms with Crippen LogP contribution in [-0.2, 0) is 30.3 Å². The van der Waals surface area contributed by atoms with Crippen LogP contribution in [0.1, 0.15) is 23.6 Å². The zero-order valence-corrected chi connectivity index (χ0v) is 18.5. The first-order chi connectivity index (χ1) is 14.6. The van der Waals surface area contributed by atoms with Gasteiger partial charge in [0, 0.05) is 20.0 Å². The minimum absolute atomic E-state index is 0.0485. The molecule has 2 atom stereocenters. The molecular formula is C21H28N2O7S. The highest BCUT2D eigenvalue weighted by atomic mass is 32.2. The van der Waals surface area contributed by atoms with Crippen LogP contribution >= 0.6 is 0 Å². The quantitative estimate of drug-likeness (QED) is 0.419. The molecule has 0 N–H and O–H groups in total. The van der Waals surface area contributed by atoms with Gasteiger partial charge in [-0.2, -0.15) is 8.42 Å². The van der Waals surface area contributed by atoms with E-state index in [9.17, 15) is 18.0 Å². The van der Waals surface area contributed by atoms with Gasteiger partial charge in [-0.1, -0.05) is 49.6 Å². The van der Waals surface area contributed by atoms with Crippen LogP contribution in [-0.4, -0.2) is 69.6 Å². The summed E-state index contributed by atoms with van der Waals surface area (Å²) in [7, 11) is -2.04. The van der Waals surface area contributed by atoms with Crippen molar-refractivity contribution in [3.63, 3.8) is 0 Å². The van der Waals surface area contributed by atoms with E-state index in [1.807, 2.05) is 24.3 Å². The van der Waals surface area contributed by atoms with Gasteiger partial charge in [0.25, 0.3) is 10.1 Å². The predicted octanol–water partition coefficient (Wildman–Crippen LogP) is 2.86. The molecule has 1 aromatic rings. The average molecular weight is 453 g/mol. The van der Waals surface area contributed by atoms with E-state index < -0.39 is 34.5 Å². The molecule has 9 nitrogen and oxygen atoms in total. The monoisotopic (exact) mass is 452 g/mol. The standard InChI is InChI=1S/C21H28N2O7S/c1-5-11-28-20(24)22(3)14-16-7-9-17(10-8-16)19-13-18(30-31(4,26)27)15-23(19)21(25)29-12-6-2/h5-10,18-19H,1-2,11-15H2,3-4H3/t18-,19?/m1/s1. The Bertz CT molecular complexity index is 899. The van der Waals surface area contributed by atoms with Crippen LogP contribution in [0.15, 0.2) is 49.6 Å². The third-order valence-electron chi connectivity index (χ3n) is 4.55. The number of carbonyl (C=O) groups excluding carboxylic acids is 2. The lowest BCUT2D eigenvalue weighted by atomic mass is 10.0. The lowest BCUT2D eigenvalue weighted by molar-refractivity contribution is 0.104. The topological polar surface area (TPSA) is 102 Å². The number of rotatable bonds is 9. The number of hydrogen-bond acceptors (Lipinski definition) is 7. The van der Waals surface area contributed by atoms with Gasteiger partial charge in [0.15, 0.2) is 0 Å². The number of carbonyl (C=O) groups is 2. The SMILES string of the molecule is C=CCOC(=O)N(C)Cc1ccc(C2C[C@@H](OS(C)(=O)=O)CN2C(=O)OCC=C)cc1. The van der Waals surface area contributed by atoms with Crippen molar-refractivity contribution in [1.82, 2.24) is 9.80 Å². The van der Waals surface area contributed by atoms with Crippen molar-refractivity contribution in [3.8, 4) is 0 Å². The fourth-order valence-electron chi connectivity index (χ4n) is 3.27. The van der Waals surface area contributed by atoms with E-state index in [1.165, 1.54) is 22.0 Å². The first kappa shape index (κ1) is 24.4. The number of likely N-dealkylation sites (tertiary alicyclic amines) is 1. The maximum atomic E-state index is 12.5. The summed E-state index contributed by atoms with van der Waals surface area (Å²) in [4.78, 5) is 27.2. The second kappa shape index (κ2) is 11.0. The Kier molecular flexibility index (Phi) is 8.64. The van der Waals surface area contributed by atoms with Gasteiger partial charge in [-0.15, -0.1) is 0 Å². The molecule has 31 heavy (non-hydrogen) atoms. The van der Waals surface area contributed by atoms with Gasteiger partial charge in [-0.25, -0.2) is 9.59 Å². The summed E-state index contributed by atoms with van der Waals surface area (Å²) in [6, 6.07) is 6.93. The maximum absolute atomic E-state index is 12.5. The summed E-state index contributed by atoms with van der Waals surface area (Å²) in [5.41, 5.74) is 1.67. The molecule has 0 saturated carbocycles. The van der Waals surface area contributed by atoms with Gasteiger partial charge < -0.3 is 14.4 Å². The summed E-state index contributed by atoms with van der Waals surface area (Å²) in [5.74, 6) is 0. The summed E-state index contributed by atoms with van der Waals surface area (Å²) < 4.78 is 38.3. The number of ether oxygens (including phenoxy) is 2. The molecule has 0 spiro atoms. The highest BCUT2D eigenvalue weighted by Gasteiger charge is 2.39. The second-order valence-corrected chi connectivity index (χ2v) is 8.76. The van der Waals surface area contributed by atoms with E-state index >= 15 is 0 Å². The van der Waals surface area contributed by atoms with Gasteiger partial charge in [0.1, 0.15) is 13.2 Å². The molecular weight excluding hydrogens is 424 g/mol. The Morgan fingerprint density at radius 3 is 2.35 bits per heavy atom. The van der Waals surface area contributed by atoms with Gasteiger partial charge in [0.2, 0.25) is 0 Å². The second-order valence-electron chi connectivity index (χ2n) is 7.16. The highest BCUT2D eigenvalue weighted by molar-refractivity contribution is 7.86. The first-order valence-corrected chi connectivity index (χ1v) is 11.5. The predicted molar refractivity (Wildman–Crippen MR) is 115 cm³/mol. The van der Waals surface area contributed by atoms with Crippen molar-refractivity contribution in [2.45, 2.75) is 25.1 Å². The Balaban J connectivity index is 2.13. The number of hydrogen-bond donors (Lipinski definition) is 0. The van der Waals surface area contributed by atoms with E-state index in [1.54, 1.807) is 7.05 Å². The van der Waals surface area contributed by atoms with E-state index in [4.69, 9.17) is 13.7 Å². The molecule has 10 heteroatoms. The van der Waals surface area contributed by atoms with E-state index in [0.29, 0.717) is 13.0 Å². The fourth-order valence-corrected chi connectivity index (χ4v) is 3.90. The summed E-state index contributed by atoms with van der Waals surface area (Å²) >= 11 is 0. The summed E-state index contributed by atoms with van der Waals surface area (Å²) in [6.07, 6.45) is 2.54. The number of amides is 2. The number of benzene rings is 1. The van der Waals surface area contributed by atoms with Crippen LogP contribution in [0.25, 0.3) is 0 Å². The normalized spacial score (nSPS) is 18.3. The lowest BCUT2D eigenvalue weighted by Crippen LogP contribution is -2.33. The van der Waals surface area contributed by atoms with Crippen molar-refractivity contribution in [1.29, 1.82) is 0 Å². The molecule has 2 amide bonds. The maximum Gasteiger partial charge on any atom is 0.410 e. The molecule has 1 aliphatic heterocycles. The molecule has 1 saturated heterocycles. The first-order valence-electron chi connectivity index (χ1n) is 9.64. The van der Waals surface area contributed by atoms with Gasteiger partial charge in [-0.3, -0.25) is 9.08 Å². The van der Waals surface area contributed by atoms with Crippen LogP contribution in [0, 0.1) is 0 Å². The van der Waals surface area contributed by atoms with Crippen molar-refractivity contribution in [3.05, 3.63) is 60.7 Å². The molecule has 2 rings (SSSR count). The Labute approximate surface area is 183 Å². The van der Waals surface area contributed by atoms with Crippen LogP contribution in [0.3, 0.4) is 0 Å². The molecule has 0 radical (unpaired) electrons. The van der Waals surface area contributed by atoms with Crippen LogP contribution in [0.5, 0.6) is 0 Å². The molecule has 0 bridgehead atoms. The smallest absolute Gasteiger partial charge is 0.410 e. The van der Waals surface area contributed by atoms with E-state index in [-0.39, 0.29) is 19.8 Å². The van der Waals surface area contributed by atoms with Gasteiger partial charge >= 0.3 is 12.2 Å². The van der Waals surface area contributed by atoms with Crippen LogP contribution < -0.4 is 0 Å². The molecule has 1 aromatic carbocycles. The zero-order valence-electron chi connectivity index (χ0n) is 17.7.